The smallest absolute Gasteiger partial charge is 0.175 e. The Balaban J connectivity index is 2.15. The predicted octanol–water partition coefficient (Wildman–Crippen LogP) is 5.68. The fraction of sp³-hybridized carbons (Fsp3) is 0.222. The van der Waals surface area contributed by atoms with E-state index in [1.54, 1.807) is 6.08 Å². The first kappa shape index (κ1) is 17.7. The molecule has 2 rings (SSSR count). The van der Waals surface area contributed by atoms with Crippen LogP contribution in [0.2, 0.25) is 5.02 Å². The minimum atomic E-state index is 0.432. The van der Waals surface area contributed by atoms with Crippen molar-refractivity contribution in [2.24, 2.45) is 0 Å². The maximum absolute atomic E-state index is 5.89. The molecule has 1 N–H and O–H groups in total. The van der Waals surface area contributed by atoms with Crippen LogP contribution < -0.4 is 14.8 Å². The van der Waals surface area contributed by atoms with Gasteiger partial charge in [-0.2, -0.15) is 0 Å². The molecule has 0 unspecified atom stereocenters. The first-order chi connectivity index (χ1) is 11.1. The van der Waals surface area contributed by atoms with Crippen molar-refractivity contribution in [3.8, 4) is 11.5 Å². The number of halogens is 2. The van der Waals surface area contributed by atoms with Gasteiger partial charge >= 0.3 is 0 Å². The van der Waals surface area contributed by atoms with Gasteiger partial charge in [0.05, 0.1) is 11.1 Å². The summed E-state index contributed by atoms with van der Waals surface area (Å²) >= 11 is 9.44. The van der Waals surface area contributed by atoms with E-state index in [0.29, 0.717) is 25.5 Å². The van der Waals surface area contributed by atoms with Gasteiger partial charge in [0.1, 0.15) is 6.61 Å². The molecule has 5 heteroatoms. The molecule has 0 heterocycles. The van der Waals surface area contributed by atoms with E-state index in [9.17, 15) is 0 Å². The number of anilines is 1. The van der Waals surface area contributed by atoms with Crippen molar-refractivity contribution in [1.29, 1.82) is 0 Å². The van der Waals surface area contributed by atoms with Crippen LogP contribution in [-0.2, 0) is 6.54 Å². The fourth-order valence-corrected chi connectivity index (χ4v) is 2.77. The highest BCUT2D eigenvalue weighted by atomic mass is 79.9. The highest BCUT2D eigenvalue weighted by Gasteiger charge is 2.12. The lowest BCUT2D eigenvalue weighted by Gasteiger charge is -2.15. The highest BCUT2D eigenvalue weighted by Crippen LogP contribution is 2.37. The fourth-order valence-electron chi connectivity index (χ4n) is 2.04. The van der Waals surface area contributed by atoms with Crippen LogP contribution in [0, 0.1) is 0 Å². The Bertz CT molecular complexity index is 659. The van der Waals surface area contributed by atoms with E-state index in [0.717, 1.165) is 26.5 Å². The van der Waals surface area contributed by atoms with Crippen LogP contribution >= 0.6 is 27.5 Å². The van der Waals surface area contributed by atoms with Gasteiger partial charge in [0.25, 0.3) is 0 Å². The second kappa shape index (κ2) is 8.85. The summed E-state index contributed by atoms with van der Waals surface area (Å²) in [5, 5.41) is 4.08. The van der Waals surface area contributed by atoms with E-state index in [4.69, 9.17) is 21.1 Å². The van der Waals surface area contributed by atoms with Gasteiger partial charge in [-0.3, -0.25) is 0 Å². The Kier molecular flexibility index (Phi) is 6.81. The molecular weight excluding hydrogens is 378 g/mol. The summed E-state index contributed by atoms with van der Waals surface area (Å²) in [6.45, 7) is 7.29. The summed E-state index contributed by atoms with van der Waals surface area (Å²) in [6, 6.07) is 11.6. The van der Waals surface area contributed by atoms with Crippen LogP contribution in [0.25, 0.3) is 0 Å². The topological polar surface area (TPSA) is 30.5 Å². The van der Waals surface area contributed by atoms with Crippen molar-refractivity contribution >= 4 is 33.2 Å². The number of ether oxygens (including phenoxy) is 2. The van der Waals surface area contributed by atoms with Crippen LogP contribution in [0.1, 0.15) is 12.5 Å². The number of rotatable bonds is 8. The molecule has 0 aromatic heterocycles. The van der Waals surface area contributed by atoms with Gasteiger partial charge in [-0.05, 0) is 64.8 Å². The molecule has 0 amide bonds. The van der Waals surface area contributed by atoms with Crippen LogP contribution in [0.3, 0.4) is 0 Å². The molecule has 0 radical (unpaired) electrons. The average molecular weight is 397 g/mol. The van der Waals surface area contributed by atoms with Gasteiger partial charge in [-0.25, -0.2) is 0 Å². The number of hydrogen-bond donors (Lipinski definition) is 1. The molecule has 0 aliphatic rings. The molecule has 0 spiro atoms. The second-order valence-electron chi connectivity index (χ2n) is 4.80. The maximum atomic E-state index is 5.89. The molecule has 122 valence electrons. The van der Waals surface area contributed by atoms with Crippen molar-refractivity contribution in [1.82, 2.24) is 0 Å². The Hall–Kier alpha value is -1.65. The lowest BCUT2D eigenvalue weighted by Crippen LogP contribution is -2.03. The van der Waals surface area contributed by atoms with Gasteiger partial charge in [0.15, 0.2) is 11.5 Å². The van der Waals surface area contributed by atoms with Gasteiger partial charge in [-0.15, -0.1) is 0 Å². The van der Waals surface area contributed by atoms with Crippen LogP contribution in [0.5, 0.6) is 11.5 Å². The summed E-state index contributed by atoms with van der Waals surface area (Å²) in [7, 11) is 0. The minimum Gasteiger partial charge on any atom is -0.490 e. The molecule has 0 saturated carbocycles. The molecule has 23 heavy (non-hydrogen) atoms. The molecule has 2 aromatic rings. The van der Waals surface area contributed by atoms with Crippen molar-refractivity contribution in [2.45, 2.75) is 13.5 Å². The quantitative estimate of drug-likeness (QED) is 0.582. The lowest BCUT2D eigenvalue weighted by atomic mass is 10.2. The van der Waals surface area contributed by atoms with Crippen molar-refractivity contribution in [2.75, 3.05) is 18.5 Å². The van der Waals surface area contributed by atoms with Gasteiger partial charge in [-0.1, -0.05) is 24.3 Å². The van der Waals surface area contributed by atoms with Gasteiger partial charge in [0, 0.05) is 17.3 Å². The molecule has 0 aliphatic carbocycles. The zero-order valence-corrected chi connectivity index (χ0v) is 15.3. The molecular formula is C18H19BrClNO2. The predicted molar refractivity (Wildman–Crippen MR) is 99.8 cm³/mol. The zero-order chi connectivity index (χ0) is 16.7. The summed E-state index contributed by atoms with van der Waals surface area (Å²) in [5.41, 5.74) is 2.09. The molecule has 0 bridgehead atoms. The van der Waals surface area contributed by atoms with Crippen molar-refractivity contribution < 1.29 is 9.47 Å². The maximum Gasteiger partial charge on any atom is 0.175 e. The average Bonchev–Trinajstić information content (AvgIpc) is 2.54. The lowest BCUT2D eigenvalue weighted by molar-refractivity contribution is 0.295. The summed E-state index contributed by atoms with van der Waals surface area (Å²) in [6.07, 6.45) is 1.71. The first-order valence-electron chi connectivity index (χ1n) is 7.32. The Morgan fingerprint density at radius 2 is 1.96 bits per heavy atom. The third-order valence-corrected chi connectivity index (χ3v) is 3.90. The SMILES string of the molecule is C=CCOc1c(Br)cc(CNc2ccc(Cl)cc2)cc1OCC. The Morgan fingerprint density at radius 3 is 2.61 bits per heavy atom. The van der Waals surface area contributed by atoms with E-state index in [1.165, 1.54) is 0 Å². The molecule has 3 nitrogen and oxygen atoms in total. The second-order valence-corrected chi connectivity index (χ2v) is 6.09. The van der Waals surface area contributed by atoms with E-state index >= 15 is 0 Å². The van der Waals surface area contributed by atoms with E-state index < -0.39 is 0 Å². The van der Waals surface area contributed by atoms with E-state index in [-0.39, 0.29) is 0 Å². The third-order valence-electron chi connectivity index (χ3n) is 3.06. The normalized spacial score (nSPS) is 10.2. The van der Waals surface area contributed by atoms with Crippen LogP contribution in [0.15, 0.2) is 53.5 Å². The molecule has 0 aliphatic heterocycles. The van der Waals surface area contributed by atoms with Gasteiger partial charge < -0.3 is 14.8 Å². The highest BCUT2D eigenvalue weighted by molar-refractivity contribution is 9.10. The zero-order valence-electron chi connectivity index (χ0n) is 12.9. The summed E-state index contributed by atoms with van der Waals surface area (Å²) in [5.74, 6) is 1.42. The number of benzene rings is 2. The van der Waals surface area contributed by atoms with Crippen LogP contribution in [-0.4, -0.2) is 13.2 Å². The molecule has 0 saturated heterocycles. The van der Waals surface area contributed by atoms with Crippen molar-refractivity contribution in [3.05, 3.63) is 64.1 Å². The Labute approximate surface area is 150 Å². The Morgan fingerprint density at radius 1 is 1.22 bits per heavy atom. The monoisotopic (exact) mass is 395 g/mol. The van der Waals surface area contributed by atoms with Gasteiger partial charge in [0.2, 0.25) is 0 Å². The largest absolute Gasteiger partial charge is 0.490 e. The number of hydrogen-bond acceptors (Lipinski definition) is 3. The molecule has 0 atom stereocenters. The third kappa shape index (κ3) is 5.19. The minimum absolute atomic E-state index is 0.432. The summed E-state index contributed by atoms with van der Waals surface area (Å²) in [4.78, 5) is 0. The van der Waals surface area contributed by atoms with Crippen LogP contribution in [0.4, 0.5) is 5.69 Å². The summed E-state index contributed by atoms with van der Waals surface area (Å²) < 4.78 is 12.2. The molecule has 2 aromatic carbocycles. The van der Waals surface area contributed by atoms with E-state index in [1.807, 2.05) is 43.3 Å². The van der Waals surface area contributed by atoms with E-state index in [2.05, 4.69) is 27.8 Å². The number of nitrogens with one attached hydrogen (secondary N) is 1. The van der Waals surface area contributed by atoms with Crippen molar-refractivity contribution in [3.63, 3.8) is 0 Å². The first-order valence-corrected chi connectivity index (χ1v) is 8.49. The molecule has 0 fully saturated rings. The standard InChI is InChI=1S/C18H19BrClNO2/c1-3-9-23-18-16(19)10-13(11-17(18)22-4-2)12-21-15-7-5-14(20)6-8-15/h3,5-8,10-11,21H,1,4,9,12H2,2H3.